The van der Waals surface area contributed by atoms with Gasteiger partial charge in [0.2, 0.25) is 0 Å². The van der Waals surface area contributed by atoms with Crippen molar-refractivity contribution in [3.05, 3.63) is 33.9 Å². The molecule has 132 valence electrons. The van der Waals surface area contributed by atoms with Gasteiger partial charge in [0, 0.05) is 23.3 Å². The summed E-state index contributed by atoms with van der Waals surface area (Å²) >= 11 is 11.3. The second-order valence-electron chi connectivity index (χ2n) is 7.20. The van der Waals surface area contributed by atoms with Crippen molar-refractivity contribution >= 4 is 52.5 Å². The Morgan fingerprint density at radius 1 is 1.28 bits per heavy atom. The molecule has 2 amide bonds. The highest BCUT2D eigenvalue weighted by molar-refractivity contribution is 7.80. The number of halogens is 1. The van der Waals surface area contributed by atoms with Crippen LogP contribution >= 0.6 is 23.8 Å². The van der Waals surface area contributed by atoms with Gasteiger partial charge in [-0.05, 0) is 67.7 Å². The van der Waals surface area contributed by atoms with E-state index in [0.717, 1.165) is 17.7 Å². The Labute approximate surface area is 157 Å². The second-order valence-corrected chi connectivity index (χ2v) is 8.02. The average Bonchev–Trinajstić information content (AvgIpc) is 2.49. The topological polar surface area (TPSA) is 61.4 Å². The van der Waals surface area contributed by atoms with Crippen LogP contribution in [0.4, 0.5) is 5.69 Å². The molecule has 2 heterocycles. The number of carbonyl (C=O) groups is 2. The molecule has 0 saturated carbocycles. The number of carbonyl (C=O) groups excluding carboxylic acids is 2. The summed E-state index contributed by atoms with van der Waals surface area (Å²) in [5, 5.41) is 5.37. The number of nitrogens with zero attached hydrogens (tertiary/aromatic N) is 1. The molecule has 2 aliphatic rings. The lowest BCUT2D eigenvalue weighted by Gasteiger charge is -2.45. The van der Waals surface area contributed by atoms with Crippen LogP contribution < -0.4 is 15.5 Å². The van der Waals surface area contributed by atoms with Crippen molar-refractivity contribution in [1.82, 2.24) is 10.6 Å². The minimum atomic E-state index is -0.520. The first-order valence-corrected chi connectivity index (χ1v) is 8.84. The van der Waals surface area contributed by atoms with E-state index in [4.69, 9.17) is 23.8 Å². The molecular formula is C18H20ClN3O2S. The van der Waals surface area contributed by atoms with Gasteiger partial charge in [0.1, 0.15) is 5.57 Å². The Balaban J connectivity index is 2.07. The van der Waals surface area contributed by atoms with Gasteiger partial charge in [-0.25, -0.2) is 0 Å². The standard InChI is InChI=1S/C18H20ClN3O2S/c1-9-8-18(2,3)22(4)14-7-13(19)10(5-11(9)14)6-12-15(23)20-17(25)21-16(12)24/h5-7,9H,8H2,1-4H3,(H2,20,21,23,24,25)/t9-/m1/s1. The Bertz CT molecular complexity index is 810. The number of hydrogen-bond donors (Lipinski definition) is 2. The van der Waals surface area contributed by atoms with Gasteiger partial charge in [0.25, 0.3) is 11.8 Å². The first-order chi connectivity index (χ1) is 11.6. The molecule has 0 radical (unpaired) electrons. The quantitative estimate of drug-likeness (QED) is 0.448. The fourth-order valence-electron chi connectivity index (χ4n) is 3.48. The number of hydrogen-bond acceptors (Lipinski definition) is 4. The first-order valence-electron chi connectivity index (χ1n) is 8.06. The van der Waals surface area contributed by atoms with Gasteiger partial charge in [-0.3, -0.25) is 20.2 Å². The van der Waals surface area contributed by atoms with E-state index < -0.39 is 11.8 Å². The van der Waals surface area contributed by atoms with E-state index in [-0.39, 0.29) is 16.2 Å². The molecule has 0 unspecified atom stereocenters. The zero-order chi connectivity index (χ0) is 18.5. The predicted octanol–water partition coefficient (Wildman–Crippen LogP) is 2.98. The van der Waals surface area contributed by atoms with Crippen LogP contribution in [0.1, 0.15) is 44.2 Å². The lowest BCUT2D eigenvalue weighted by atomic mass is 9.80. The van der Waals surface area contributed by atoms with Crippen LogP contribution in [0, 0.1) is 0 Å². The molecule has 0 aliphatic carbocycles. The van der Waals surface area contributed by atoms with Crippen LogP contribution in [-0.2, 0) is 9.59 Å². The SMILES string of the molecule is C[C@@H]1CC(C)(C)N(C)c2cc(Cl)c(C=C3C(=O)NC(=S)NC3=O)cc21. The Morgan fingerprint density at radius 3 is 2.48 bits per heavy atom. The summed E-state index contributed by atoms with van der Waals surface area (Å²) < 4.78 is 0. The third-order valence-electron chi connectivity index (χ3n) is 5.00. The number of anilines is 1. The fourth-order valence-corrected chi connectivity index (χ4v) is 3.87. The molecule has 0 aromatic heterocycles. The van der Waals surface area contributed by atoms with Gasteiger partial charge < -0.3 is 4.90 Å². The summed E-state index contributed by atoms with van der Waals surface area (Å²) in [4.78, 5) is 26.3. The lowest BCUT2D eigenvalue weighted by molar-refractivity contribution is -0.123. The second kappa shape index (κ2) is 6.11. The zero-order valence-corrected chi connectivity index (χ0v) is 16.1. The smallest absolute Gasteiger partial charge is 0.263 e. The number of fused-ring (bicyclic) bond motifs is 1. The maximum Gasteiger partial charge on any atom is 0.263 e. The molecule has 0 spiro atoms. The normalized spacial score (nSPS) is 22.3. The maximum absolute atomic E-state index is 12.0. The molecule has 25 heavy (non-hydrogen) atoms. The molecule has 1 atom stereocenters. The predicted molar refractivity (Wildman–Crippen MR) is 104 cm³/mol. The van der Waals surface area contributed by atoms with Gasteiger partial charge >= 0.3 is 0 Å². The largest absolute Gasteiger partial charge is 0.369 e. The first kappa shape index (κ1) is 17.9. The van der Waals surface area contributed by atoms with Crippen LogP contribution in [0.3, 0.4) is 0 Å². The molecule has 1 aromatic carbocycles. The van der Waals surface area contributed by atoms with Crippen LogP contribution in [0.25, 0.3) is 6.08 Å². The number of amides is 2. The van der Waals surface area contributed by atoms with E-state index in [2.05, 4.69) is 43.4 Å². The van der Waals surface area contributed by atoms with E-state index in [1.54, 1.807) is 0 Å². The van der Waals surface area contributed by atoms with Crippen molar-refractivity contribution in [3.63, 3.8) is 0 Å². The molecule has 3 rings (SSSR count). The summed E-state index contributed by atoms with van der Waals surface area (Å²) in [6.45, 7) is 6.59. The molecule has 1 fully saturated rings. The van der Waals surface area contributed by atoms with Crippen molar-refractivity contribution < 1.29 is 9.59 Å². The average molecular weight is 378 g/mol. The molecular weight excluding hydrogens is 358 g/mol. The molecule has 1 aromatic rings. The number of rotatable bonds is 1. The Hall–Kier alpha value is -1.92. The molecule has 1 saturated heterocycles. The summed E-state index contributed by atoms with van der Waals surface area (Å²) in [5.41, 5.74) is 2.91. The highest BCUT2D eigenvalue weighted by Gasteiger charge is 2.35. The van der Waals surface area contributed by atoms with E-state index >= 15 is 0 Å². The summed E-state index contributed by atoms with van der Waals surface area (Å²) in [5.74, 6) is -0.695. The molecule has 2 aliphatic heterocycles. The van der Waals surface area contributed by atoms with Gasteiger partial charge in [-0.1, -0.05) is 18.5 Å². The third kappa shape index (κ3) is 3.16. The summed E-state index contributed by atoms with van der Waals surface area (Å²) in [6, 6.07) is 3.87. The van der Waals surface area contributed by atoms with E-state index in [9.17, 15) is 9.59 Å². The Morgan fingerprint density at radius 2 is 1.88 bits per heavy atom. The van der Waals surface area contributed by atoms with Crippen LogP contribution in [0.5, 0.6) is 0 Å². The van der Waals surface area contributed by atoms with Crippen molar-refractivity contribution in [1.29, 1.82) is 0 Å². The van der Waals surface area contributed by atoms with E-state index in [0.29, 0.717) is 16.5 Å². The van der Waals surface area contributed by atoms with Gasteiger partial charge in [0.05, 0.1) is 0 Å². The highest BCUT2D eigenvalue weighted by atomic mass is 35.5. The van der Waals surface area contributed by atoms with Gasteiger partial charge in [-0.2, -0.15) is 0 Å². The van der Waals surface area contributed by atoms with Crippen molar-refractivity contribution in [2.24, 2.45) is 0 Å². The van der Waals surface area contributed by atoms with Gasteiger partial charge in [0.15, 0.2) is 5.11 Å². The minimum Gasteiger partial charge on any atom is -0.369 e. The molecule has 0 bridgehead atoms. The number of benzene rings is 1. The van der Waals surface area contributed by atoms with Crippen LogP contribution in [0.2, 0.25) is 5.02 Å². The van der Waals surface area contributed by atoms with Crippen LogP contribution in [-0.4, -0.2) is 29.5 Å². The fraction of sp³-hybridized carbons (Fsp3) is 0.389. The number of thiocarbonyl (C=S) groups is 1. The summed E-state index contributed by atoms with van der Waals surface area (Å²) in [7, 11) is 2.06. The third-order valence-corrected chi connectivity index (χ3v) is 5.53. The monoisotopic (exact) mass is 377 g/mol. The lowest BCUT2D eigenvalue weighted by Crippen LogP contribution is -2.51. The molecule has 7 heteroatoms. The van der Waals surface area contributed by atoms with E-state index in [1.165, 1.54) is 6.08 Å². The van der Waals surface area contributed by atoms with Crippen molar-refractivity contribution in [3.8, 4) is 0 Å². The minimum absolute atomic E-state index is 0.00685. The molecule has 2 N–H and O–H groups in total. The van der Waals surface area contributed by atoms with E-state index in [1.807, 2.05) is 12.1 Å². The Kier molecular flexibility index (Phi) is 4.37. The number of nitrogens with one attached hydrogen (secondary N) is 2. The maximum atomic E-state index is 12.0. The zero-order valence-electron chi connectivity index (χ0n) is 14.6. The summed E-state index contributed by atoms with van der Waals surface area (Å²) in [6.07, 6.45) is 2.52. The molecule has 5 nitrogen and oxygen atoms in total. The highest BCUT2D eigenvalue weighted by Crippen LogP contribution is 2.44. The van der Waals surface area contributed by atoms with Crippen molar-refractivity contribution in [2.45, 2.75) is 38.6 Å². The van der Waals surface area contributed by atoms with Gasteiger partial charge in [-0.15, -0.1) is 0 Å². The van der Waals surface area contributed by atoms with Crippen molar-refractivity contribution in [2.75, 3.05) is 11.9 Å². The van der Waals surface area contributed by atoms with Crippen LogP contribution in [0.15, 0.2) is 17.7 Å².